The number of nitrogens with two attached hydrogens (primary N) is 1. The Morgan fingerprint density at radius 2 is 1.89 bits per heavy atom. The maximum Gasteiger partial charge on any atom is 0.243 e. The number of methoxy groups -OCH3 is 1. The van der Waals surface area contributed by atoms with Crippen molar-refractivity contribution in [3.63, 3.8) is 0 Å². The fourth-order valence-electron chi connectivity index (χ4n) is 1.98. The molecule has 0 heterocycles. The normalized spacial score (nSPS) is 13.7. The molecule has 1 unspecified atom stereocenters. The molecule has 1 atom stereocenters. The lowest BCUT2D eigenvalue weighted by Crippen LogP contribution is -2.40. The van der Waals surface area contributed by atoms with Crippen LogP contribution in [-0.2, 0) is 21.3 Å². The highest BCUT2D eigenvalue weighted by Crippen LogP contribution is 2.18. The van der Waals surface area contributed by atoms with E-state index in [4.69, 9.17) is 10.5 Å². The molecule has 6 heteroatoms. The van der Waals surface area contributed by atoms with Gasteiger partial charge in [0.2, 0.25) is 10.0 Å². The summed E-state index contributed by atoms with van der Waals surface area (Å²) in [6, 6.07) is 6.47. The van der Waals surface area contributed by atoms with Gasteiger partial charge in [0.05, 0.1) is 11.5 Å². The zero-order valence-corrected chi connectivity index (χ0v) is 12.5. The minimum absolute atomic E-state index is 0.200. The molecule has 0 aliphatic heterocycles. The van der Waals surface area contributed by atoms with Crippen LogP contribution in [0.3, 0.4) is 0 Å². The van der Waals surface area contributed by atoms with Gasteiger partial charge in [-0.2, -0.15) is 4.31 Å². The van der Waals surface area contributed by atoms with Gasteiger partial charge in [-0.25, -0.2) is 8.42 Å². The van der Waals surface area contributed by atoms with Gasteiger partial charge in [-0.05, 0) is 24.6 Å². The molecule has 19 heavy (non-hydrogen) atoms. The molecule has 0 amide bonds. The van der Waals surface area contributed by atoms with Crippen LogP contribution in [0.5, 0.6) is 0 Å². The van der Waals surface area contributed by atoms with Crippen LogP contribution in [0.15, 0.2) is 29.2 Å². The molecule has 108 valence electrons. The van der Waals surface area contributed by atoms with Gasteiger partial charge in [0, 0.05) is 26.2 Å². The fraction of sp³-hybridized carbons (Fsp3) is 0.538. The molecule has 2 N–H and O–H groups in total. The van der Waals surface area contributed by atoms with Crippen LogP contribution in [0, 0.1) is 0 Å². The summed E-state index contributed by atoms with van der Waals surface area (Å²) in [7, 11) is -1.92. The number of sulfonamides is 1. The lowest BCUT2D eigenvalue weighted by molar-refractivity contribution is 0.142. The number of ether oxygens (including phenoxy) is 1. The van der Waals surface area contributed by atoms with Crippen LogP contribution in [0.25, 0.3) is 0 Å². The average Bonchev–Trinajstić information content (AvgIpc) is 2.39. The lowest BCUT2D eigenvalue weighted by atomic mass is 10.2. The van der Waals surface area contributed by atoms with Crippen LogP contribution in [0.1, 0.15) is 19.4 Å². The highest BCUT2D eigenvalue weighted by atomic mass is 32.2. The van der Waals surface area contributed by atoms with Crippen molar-refractivity contribution in [3.05, 3.63) is 29.8 Å². The molecule has 1 aromatic rings. The van der Waals surface area contributed by atoms with E-state index in [1.165, 1.54) is 4.31 Å². The SMILES string of the molecule is CCN(C(C)COC)S(=O)(=O)c1ccc(CN)cc1. The van der Waals surface area contributed by atoms with E-state index in [0.717, 1.165) is 5.56 Å². The Kier molecular flexibility index (Phi) is 5.93. The minimum atomic E-state index is -3.49. The van der Waals surface area contributed by atoms with Crippen molar-refractivity contribution in [2.75, 3.05) is 20.3 Å². The maximum atomic E-state index is 12.5. The van der Waals surface area contributed by atoms with E-state index >= 15 is 0 Å². The molecule has 0 aromatic heterocycles. The van der Waals surface area contributed by atoms with Crippen LogP contribution in [-0.4, -0.2) is 39.0 Å². The van der Waals surface area contributed by atoms with Gasteiger partial charge in [-0.3, -0.25) is 0 Å². The minimum Gasteiger partial charge on any atom is -0.383 e. The molecule has 5 nitrogen and oxygen atoms in total. The molecule has 0 spiro atoms. The molecule has 1 rings (SSSR count). The largest absolute Gasteiger partial charge is 0.383 e. The predicted octanol–water partition coefficient (Wildman–Crippen LogP) is 1.19. The first-order valence-corrected chi connectivity index (χ1v) is 7.71. The molecule has 0 aliphatic rings. The van der Waals surface area contributed by atoms with E-state index in [2.05, 4.69) is 0 Å². The summed E-state index contributed by atoms with van der Waals surface area (Å²) in [5.41, 5.74) is 6.42. The van der Waals surface area contributed by atoms with Gasteiger partial charge in [0.25, 0.3) is 0 Å². The number of hydrogen-bond acceptors (Lipinski definition) is 4. The Hall–Kier alpha value is -0.950. The Morgan fingerprint density at radius 1 is 1.32 bits per heavy atom. The number of nitrogens with zero attached hydrogens (tertiary/aromatic N) is 1. The zero-order valence-electron chi connectivity index (χ0n) is 11.7. The van der Waals surface area contributed by atoms with Crippen LogP contribution < -0.4 is 5.73 Å². The van der Waals surface area contributed by atoms with Crippen molar-refractivity contribution in [2.24, 2.45) is 5.73 Å². The first kappa shape index (κ1) is 16.1. The van der Waals surface area contributed by atoms with Crippen molar-refractivity contribution in [1.82, 2.24) is 4.31 Å². The monoisotopic (exact) mass is 286 g/mol. The summed E-state index contributed by atoms with van der Waals surface area (Å²) in [5, 5.41) is 0. The second kappa shape index (κ2) is 7.00. The van der Waals surface area contributed by atoms with Gasteiger partial charge < -0.3 is 10.5 Å². The molecule has 0 fully saturated rings. The predicted molar refractivity (Wildman–Crippen MR) is 75.2 cm³/mol. The Morgan fingerprint density at radius 3 is 2.32 bits per heavy atom. The molecule has 0 saturated heterocycles. The summed E-state index contributed by atoms with van der Waals surface area (Å²) in [5.74, 6) is 0. The van der Waals surface area contributed by atoms with Gasteiger partial charge in [0.15, 0.2) is 0 Å². The van der Waals surface area contributed by atoms with Gasteiger partial charge >= 0.3 is 0 Å². The van der Waals surface area contributed by atoms with Gasteiger partial charge in [-0.1, -0.05) is 19.1 Å². The first-order chi connectivity index (χ1) is 8.97. The third-order valence-corrected chi connectivity index (χ3v) is 5.08. The number of benzene rings is 1. The van der Waals surface area contributed by atoms with Gasteiger partial charge in [-0.15, -0.1) is 0 Å². The lowest BCUT2D eigenvalue weighted by Gasteiger charge is -2.26. The summed E-state index contributed by atoms with van der Waals surface area (Å²) in [6.45, 7) is 4.83. The van der Waals surface area contributed by atoms with E-state index in [0.29, 0.717) is 19.7 Å². The molecule has 0 radical (unpaired) electrons. The second-order valence-corrected chi connectivity index (χ2v) is 6.25. The third kappa shape index (κ3) is 3.76. The van der Waals surface area contributed by atoms with Crippen LogP contribution in [0.4, 0.5) is 0 Å². The Labute approximate surface area is 115 Å². The summed E-state index contributed by atoms with van der Waals surface area (Å²) < 4.78 is 31.5. The number of likely N-dealkylation sites (N-methyl/N-ethyl adjacent to an activating group) is 1. The average molecular weight is 286 g/mol. The van der Waals surface area contributed by atoms with Crippen molar-refractivity contribution in [1.29, 1.82) is 0 Å². The highest BCUT2D eigenvalue weighted by Gasteiger charge is 2.27. The standard InChI is InChI=1S/C13H22N2O3S/c1-4-15(11(2)10-18-3)19(16,17)13-7-5-12(9-14)6-8-13/h5-8,11H,4,9-10,14H2,1-3H3. The van der Waals surface area contributed by atoms with Crippen LogP contribution in [0.2, 0.25) is 0 Å². The zero-order chi connectivity index (χ0) is 14.5. The fourth-order valence-corrected chi connectivity index (χ4v) is 3.60. The topological polar surface area (TPSA) is 72.6 Å². The smallest absolute Gasteiger partial charge is 0.243 e. The third-order valence-electron chi connectivity index (χ3n) is 2.98. The van der Waals surface area contributed by atoms with Crippen LogP contribution >= 0.6 is 0 Å². The summed E-state index contributed by atoms with van der Waals surface area (Å²) >= 11 is 0. The first-order valence-electron chi connectivity index (χ1n) is 6.27. The molecular formula is C13H22N2O3S. The van der Waals surface area contributed by atoms with E-state index in [1.54, 1.807) is 31.4 Å². The Bertz CT molecular complexity index is 485. The highest BCUT2D eigenvalue weighted by molar-refractivity contribution is 7.89. The molecule has 0 bridgehead atoms. The summed E-state index contributed by atoms with van der Waals surface area (Å²) in [6.07, 6.45) is 0. The molecular weight excluding hydrogens is 264 g/mol. The molecule has 0 saturated carbocycles. The van der Waals surface area contributed by atoms with Crippen molar-refractivity contribution >= 4 is 10.0 Å². The van der Waals surface area contributed by atoms with E-state index in [1.807, 2.05) is 13.8 Å². The molecule has 0 aliphatic carbocycles. The van der Waals surface area contributed by atoms with E-state index < -0.39 is 10.0 Å². The summed E-state index contributed by atoms with van der Waals surface area (Å²) in [4.78, 5) is 0.287. The quantitative estimate of drug-likeness (QED) is 0.817. The Balaban J connectivity index is 3.05. The van der Waals surface area contributed by atoms with Crippen molar-refractivity contribution in [3.8, 4) is 0 Å². The number of rotatable bonds is 7. The van der Waals surface area contributed by atoms with Crippen molar-refractivity contribution in [2.45, 2.75) is 31.3 Å². The maximum absolute atomic E-state index is 12.5. The molecule has 1 aromatic carbocycles. The van der Waals surface area contributed by atoms with E-state index in [9.17, 15) is 8.42 Å². The van der Waals surface area contributed by atoms with Gasteiger partial charge in [0.1, 0.15) is 0 Å². The number of hydrogen-bond donors (Lipinski definition) is 1. The van der Waals surface area contributed by atoms with E-state index in [-0.39, 0.29) is 10.9 Å². The van der Waals surface area contributed by atoms with Crippen molar-refractivity contribution < 1.29 is 13.2 Å². The second-order valence-electron chi connectivity index (χ2n) is 4.36.